The van der Waals surface area contributed by atoms with E-state index in [0.717, 1.165) is 83.0 Å². The number of rotatable bonds is 6. The highest BCUT2D eigenvalue weighted by molar-refractivity contribution is 6.20. The average Bonchev–Trinajstić information content (AvgIpc) is 3.81. The molecule has 0 aliphatic heterocycles. The second-order valence-corrected chi connectivity index (χ2v) is 17.0. The fraction of sp³-hybridized carbons (Fsp3) is 0.123. The number of fused-ring (bicyclic) bond motifs is 8. The van der Waals surface area contributed by atoms with E-state index in [1.807, 2.05) is 0 Å². The van der Waals surface area contributed by atoms with Crippen LogP contribution in [-0.4, -0.2) is 0 Å². The zero-order valence-corrected chi connectivity index (χ0v) is 35.6. The van der Waals surface area contributed by atoms with Crippen molar-refractivity contribution in [3.05, 3.63) is 191 Å². The molecule has 4 heteroatoms. The third kappa shape index (κ3) is 5.96. The van der Waals surface area contributed by atoms with Gasteiger partial charge in [0.2, 0.25) is 0 Å². The molecule has 0 amide bonds. The van der Waals surface area contributed by atoms with Gasteiger partial charge in [0.05, 0.1) is 0 Å². The summed E-state index contributed by atoms with van der Waals surface area (Å²) < 4.78 is 13.5. The lowest BCUT2D eigenvalue weighted by molar-refractivity contribution is 0.651. The number of anilines is 6. The Labute approximate surface area is 355 Å². The SMILES string of the molecule is Cc1ccc(N(c2ccc3cc4c(cc3c2)oc2c(C)c3oc5cc6cc(N(c7ccc(C)cc7)c7cccc(C)c7C)ccc6cc5c3cc24)c2cccc(C)c2C)cc1. The van der Waals surface area contributed by atoms with Crippen LogP contribution in [0.4, 0.5) is 34.1 Å². The Balaban J connectivity index is 1.03. The summed E-state index contributed by atoms with van der Waals surface area (Å²) in [5.74, 6) is 0. The lowest BCUT2D eigenvalue weighted by atomic mass is 10.00. The van der Waals surface area contributed by atoms with Crippen LogP contribution in [0.15, 0.2) is 160 Å². The van der Waals surface area contributed by atoms with E-state index in [2.05, 4.69) is 210 Å². The standard InChI is InChI=1S/C57H46N2O2/c1-33-14-20-44(21-15-33)58(52-12-8-10-35(3)37(52)5)46-24-18-40-28-48-50-32-51-49-29-41-19-25-47(59(45-22-16-34(2)17-23-45)53-13-9-11-36(4)38(53)6)27-43(41)31-55(49)61-57(51)39(7)56(50)60-54(48)30-42(40)26-46/h8-32H,1-7H3. The van der Waals surface area contributed by atoms with E-state index < -0.39 is 0 Å². The van der Waals surface area contributed by atoms with E-state index in [1.165, 1.54) is 55.5 Å². The highest BCUT2D eigenvalue weighted by Crippen LogP contribution is 2.45. The molecular weight excluding hydrogens is 745 g/mol. The van der Waals surface area contributed by atoms with E-state index in [9.17, 15) is 0 Å². The highest BCUT2D eigenvalue weighted by atomic mass is 16.3. The van der Waals surface area contributed by atoms with Crippen molar-refractivity contribution in [2.24, 2.45) is 0 Å². The smallest absolute Gasteiger partial charge is 0.142 e. The number of furan rings is 2. The van der Waals surface area contributed by atoms with Gasteiger partial charge in [-0.05, 0) is 183 Å². The molecule has 0 aliphatic rings. The van der Waals surface area contributed by atoms with Crippen molar-refractivity contribution >= 4 is 99.5 Å². The van der Waals surface area contributed by atoms with Crippen molar-refractivity contribution in [2.45, 2.75) is 48.5 Å². The molecule has 9 aromatic carbocycles. The van der Waals surface area contributed by atoms with Gasteiger partial charge >= 0.3 is 0 Å². The minimum Gasteiger partial charge on any atom is -0.456 e. The summed E-state index contributed by atoms with van der Waals surface area (Å²) in [6.07, 6.45) is 0. The van der Waals surface area contributed by atoms with E-state index in [0.29, 0.717) is 0 Å². The molecular formula is C57H46N2O2. The van der Waals surface area contributed by atoms with E-state index in [1.54, 1.807) is 0 Å². The molecule has 0 fully saturated rings. The molecule has 11 rings (SSSR count). The van der Waals surface area contributed by atoms with E-state index in [-0.39, 0.29) is 0 Å². The molecule has 2 aromatic heterocycles. The van der Waals surface area contributed by atoms with Gasteiger partial charge in [-0.2, -0.15) is 0 Å². The Bertz CT molecular complexity index is 3320. The Kier molecular flexibility index (Phi) is 8.37. The summed E-state index contributed by atoms with van der Waals surface area (Å²) in [6.45, 7) is 15.2. The van der Waals surface area contributed by atoms with Gasteiger partial charge in [-0.25, -0.2) is 0 Å². The van der Waals surface area contributed by atoms with Crippen LogP contribution in [0.5, 0.6) is 0 Å². The summed E-state index contributed by atoms with van der Waals surface area (Å²) in [5, 5.41) is 9.00. The van der Waals surface area contributed by atoms with Gasteiger partial charge in [-0.3, -0.25) is 0 Å². The average molecular weight is 791 g/mol. The summed E-state index contributed by atoms with van der Waals surface area (Å²) in [7, 11) is 0. The summed E-state index contributed by atoms with van der Waals surface area (Å²) in [6, 6.07) is 55.4. The monoisotopic (exact) mass is 790 g/mol. The number of benzene rings is 9. The van der Waals surface area contributed by atoms with Crippen LogP contribution in [0, 0.1) is 48.5 Å². The predicted molar refractivity (Wildman–Crippen MR) is 259 cm³/mol. The van der Waals surface area contributed by atoms with Crippen LogP contribution >= 0.6 is 0 Å². The van der Waals surface area contributed by atoms with Crippen molar-refractivity contribution in [3.63, 3.8) is 0 Å². The first-order chi connectivity index (χ1) is 29.6. The first kappa shape index (κ1) is 36.8. The topological polar surface area (TPSA) is 32.8 Å². The van der Waals surface area contributed by atoms with Crippen LogP contribution in [0.3, 0.4) is 0 Å². The van der Waals surface area contributed by atoms with E-state index in [4.69, 9.17) is 8.83 Å². The zero-order chi connectivity index (χ0) is 41.7. The molecule has 2 heterocycles. The van der Waals surface area contributed by atoms with Crippen molar-refractivity contribution in [2.75, 3.05) is 9.80 Å². The predicted octanol–water partition coefficient (Wildman–Crippen LogP) is 16.9. The molecule has 0 spiro atoms. The van der Waals surface area contributed by atoms with Gasteiger partial charge in [-0.15, -0.1) is 0 Å². The maximum atomic E-state index is 6.76. The third-order valence-corrected chi connectivity index (χ3v) is 13.0. The minimum absolute atomic E-state index is 0.864. The quantitative estimate of drug-likeness (QED) is 0.168. The van der Waals surface area contributed by atoms with Crippen LogP contribution in [0.2, 0.25) is 0 Å². The Morgan fingerprint density at radius 2 is 0.738 bits per heavy atom. The first-order valence-corrected chi connectivity index (χ1v) is 21.2. The van der Waals surface area contributed by atoms with Crippen LogP contribution in [0.25, 0.3) is 65.4 Å². The normalized spacial score (nSPS) is 11.9. The number of hydrogen-bond acceptors (Lipinski definition) is 4. The molecule has 4 nitrogen and oxygen atoms in total. The van der Waals surface area contributed by atoms with E-state index >= 15 is 0 Å². The van der Waals surface area contributed by atoms with Crippen molar-refractivity contribution < 1.29 is 8.83 Å². The fourth-order valence-corrected chi connectivity index (χ4v) is 9.26. The second-order valence-electron chi connectivity index (χ2n) is 17.0. The van der Waals surface area contributed by atoms with Crippen molar-refractivity contribution in [1.29, 1.82) is 0 Å². The van der Waals surface area contributed by atoms with Crippen LogP contribution in [0.1, 0.15) is 38.9 Å². The molecule has 0 saturated carbocycles. The Morgan fingerprint density at radius 1 is 0.328 bits per heavy atom. The molecule has 0 unspecified atom stereocenters. The van der Waals surface area contributed by atoms with Gasteiger partial charge in [0, 0.05) is 61.2 Å². The molecule has 0 atom stereocenters. The highest BCUT2D eigenvalue weighted by Gasteiger charge is 2.21. The van der Waals surface area contributed by atoms with Gasteiger partial charge in [0.1, 0.15) is 22.3 Å². The summed E-state index contributed by atoms with van der Waals surface area (Å²) in [4.78, 5) is 4.73. The summed E-state index contributed by atoms with van der Waals surface area (Å²) in [5.41, 5.74) is 18.8. The number of aryl methyl sites for hydroxylation is 5. The molecule has 0 saturated heterocycles. The zero-order valence-electron chi connectivity index (χ0n) is 35.6. The lowest BCUT2D eigenvalue weighted by Crippen LogP contribution is -2.11. The summed E-state index contributed by atoms with van der Waals surface area (Å²) >= 11 is 0. The molecule has 61 heavy (non-hydrogen) atoms. The second kappa shape index (κ2) is 13.9. The Hall–Kier alpha value is -7.30. The third-order valence-electron chi connectivity index (χ3n) is 13.0. The molecule has 0 radical (unpaired) electrons. The molecule has 296 valence electrons. The van der Waals surface area contributed by atoms with Gasteiger partial charge in [0.25, 0.3) is 0 Å². The molecule has 0 bridgehead atoms. The molecule has 11 aromatic rings. The van der Waals surface area contributed by atoms with Gasteiger partial charge < -0.3 is 18.6 Å². The van der Waals surface area contributed by atoms with Crippen LogP contribution in [-0.2, 0) is 0 Å². The van der Waals surface area contributed by atoms with Crippen molar-refractivity contribution in [1.82, 2.24) is 0 Å². The van der Waals surface area contributed by atoms with Crippen molar-refractivity contribution in [3.8, 4) is 0 Å². The maximum Gasteiger partial charge on any atom is 0.142 e. The number of hydrogen-bond donors (Lipinski definition) is 0. The fourth-order valence-electron chi connectivity index (χ4n) is 9.26. The minimum atomic E-state index is 0.864. The maximum absolute atomic E-state index is 6.76. The van der Waals surface area contributed by atoms with Crippen LogP contribution < -0.4 is 9.80 Å². The Morgan fingerprint density at radius 3 is 1.16 bits per heavy atom. The largest absolute Gasteiger partial charge is 0.456 e. The molecule has 0 N–H and O–H groups in total. The number of nitrogens with zero attached hydrogens (tertiary/aromatic N) is 2. The van der Waals surface area contributed by atoms with Gasteiger partial charge in [0.15, 0.2) is 0 Å². The molecule has 0 aliphatic carbocycles. The van der Waals surface area contributed by atoms with Gasteiger partial charge in [-0.1, -0.05) is 71.8 Å². The first-order valence-electron chi connectivity index (χ1n) is 21.2. The lowest BCUT2D eigenvalue weighted by Gasteiger charge is -2.28.